The summed E-state index contributed by atoms with van der Waals surface area (Å²) in [5.41, 5.74) is -0.0591. The van der Waals surface area contributed by atoms with Gasteiger partial charge in [-0.25, -0.2) is 13.2 Å². The van der Waals surface area contributed by atoms with E-state index < -0.39 is 27.7 Å². The minimum absolute atomic E-state index is 0.0337. The fourth-order valence-corrected chi connectivity index (χ4v) is 5.54. The minimum Gasteiger partial charge on any atom is -0.465 e. The van der Waals surface area contributed by atoms with Crippen molar-refractivity contribution in [3.05, 3.63) is 53.1 Å². The molecule has 0 bridgehead atoms. The minimum atomic E-state index is -4.62. The summed E-state index contributed by atoms with van der Waals surface area (Å²) in [5.74, 6) is -0.659. The van der Waals surface area contributed by atoms with Crippen molar-refractivity contribution < 1.29 is 31.1 Å². The molecule has 1 N–H and O–H groups in total. The molecule has 6 nitrogen and oxygen atoms in total. The number of nitrogens with one attached hydrogen (secondary N) is 1. The van der Waals surface area contributed by atoms with Gasteiger partial charge in [0.05, 0.1) is 34.5 Å². The van der Waals surface area contributed by atoms with Crippen LogP contribution in [0.2, 0.25) is 0 Å². The number of carbonyl (C=O) groups is 1. The molecule has 1 saturated carbocycles. The van der Waals surface area contributed by atoms with Crippen LogP contribution in [-0.4, -0.2) is 34.6 Å². The van der Waals surface area contributed by atoms with Crippen molar-refractivity contribution in [2.75, 3.05) is 29.8 Å². The van der Waals surface area contributed by atoms with E-state index in [0.717, 1.165) is 44.2 Å². The number of benzene rings is 2. The number of rotatable bonds is 6. The highest BCUT2D eigenvalue weighted by Gasteiger charge is 2.34. The molecule has 4 rings (SSSR count). The molecule has 2 aromatic rings. The fraction of sp³-hybridized carbons (Fsp3) is 0.435. The maximum Gasteiger partial charge on any atom is 0.416 e. The Bertz CT molecular complexity index is 1150. The monoisotopic (exact) mass is 482 g/mol. The third kappa shape index (κ3) is 5.10. The molecule has 1 aliphatic carbocycles. The Kier molecular flexibility index (Phi) is 6.30. The van der Waals surface area contributed by atoms with Crippen LogP contribution in [-0.2, 0) is 20.9 Å². The molecule has 1 saturated heterocycles. The summed E-state index contributed by atoms with van der Waals surface area (Å²) < 4.78 is 74.2. The van der Waals surface area contributed by atoms with Crippen molar-refractivity contribution in [1.82, 2.24) is 0 Å². The summed E-state index contributed by atoms with van der Waals surface area (Å²) >= 11 is 0. The zero-order chi connectivity index (χ0) is 23.8. The van der Waals surface area contributed by atoms with Crippen molar-refractivity contribution in [3.63, 3.8) is 0 Å². The standard InChI is InChI=1S/C23H25F3N2O4S/c1-32-22(29)16-7-9-18(15-5-6-15)21(13-16)33(30,31)27-19-14-17(23(24,25)26)8-10-20(19)28-11-3-2-4-12-28/h7-10,13-15,27H,2-6,11-12H2,1H3. The van der Waals surface area contributed by atoms with Crippen molar-refractivity contribution in [3.8, 4) is 0 Å². The van der Waals surface area contributed by atoms with Gasteiger partial charge < -0.3 is 9.64 Å². The molecule has 33 heavy (non-hydrogen) atoms. The molecule has 10 heteroatoms. The zero-order valence-electron chi connectivity index (χ0n) is 18.1. The van der Waals surface area contributed by atoms with Gasteiger partial charge in [0, 0.05) is 13.1 Å². The molecule has 0 radical (unpaired) electrons. The van der Waals surface area contributed by atoms with Crippen LogP contribution in [0.1, 0.15) is 59.5 Å². The summed E-state index contributed by atoms with van der Waals surface area (Å²) in [4.78, 5) is 13.8. The smallest absolute Gasteiger partial charge is 0.416 e. The lowest BCUT2D eigenvalue weighted by Crippen LogP contribution is -2.30. The number of ether oxygens (including phenoxy) is 1. The SMILES string of the molecule is COC(=O)c1ccc(C2CC2)c(S(=O)(=O)Nc2cc(C(F)(F)F)ccc2N2CCCCC2)c1. The van der Waals surface area contributed by atoms with Gasteiger partial charge in [0.2, 0.25) is 0 Å². The summed E-state index contributed by atoms with van der Waals surface area (Å²) in [6, 6.07) is 7.43. The van der Waals surface area contributed by atoms with Crippen LogP contribution in [0, 0.1) is 0 Å². The van der Waals surface area contributed by atoms with Crippen LogP contribution in [0.15, 0.2) is 41.3 Å². The second kappa shape index (κ2) is 8.89. The van der Waals surface area contributed by atoms with Crippen molar-refractivity contribution in [2.24, 2.45) is 0 Å². The van der Waals surface area contributed by atoms with Gasteiger partial charge in [0.1, 0.15) is 0 Å². The highest BCUT2D eigenvalue weighted by molar-refractivity contribution is 7.92. The average molecular weight is 483 g/mol. The molecule has 2 aliphatic rings. The van der Waals surface area contributed by atoms with Crippen LogP contribution in [0.4, 0.5) is 24.5 Å². The zero-order valence-corrected chi connectivity index (χ0v) is 18.9. The van der Waals surface area contributed by atoms with E-state index in [1.54, 1.807) is 6.07 Å². The third-order valence-electron chi connectivity index (χ3n) is 6.01. The van der Waals surface area contributed by atoms with Crippen LogP contribution in [0.5, 0.6) is 0 Å². The maximum absolute atomic E-state index is 13.5. The molecule has 1 heterocycles. The van der Waals surface area contributed by atoms with Gasteiger partial charge in [-0.1, -0.05) is 6.07 Å². The van der Waals surface area contributed by atoms with Gasteiger partial charge >= 0.3 is 12.1 Å². The number of hydrogen-bond donors (Lipinski definition) is 1. The first-order valence-electron chi connectivity index (χ1n) is 10.8. The Balaban J connectivity index is 1.78. The summed E-state index contributed by atoms with van der Waals surface area (Å²) in [5, 5.41) is 0. The molecule has 1 aliphatic heterocycles. The molecule has 0 aromatic heterocycles. The van der Waals surface area contributed by atoms with E-state index in [1.165, 1.54) is 25.3 Å². The number of alkyl halides is 3. The number of hydrogen-bond acceptors (Lipinski definition) is 5. The fourth-order valence-electron chi connectivity index (χ4n) is 4.15. The molecular formula is C23H25F3N2O4S. The summed E-state index contributed by atoms with van der Waals surface area (Å²) in [7, 11) is -3.10. The van der Waals surface area contributed by atoms with Gasteiger partial charge in [-0.2, -0.15) is 13.2 Å². The largest absolute Gasteiger partial charge is 0.465 e. The number of carbonyl (C=O) groups excluding carboxylic acids is 1. The van der Waals surface area contributed by atoms with Gasteiger partial charge in [0.15, 0.2) is 0 Å². The van der Waals surface area contributed by atoms with E-state index in [-0.39, 0.29) is 22.1 Å². The lowest BCUT2D eigenvalue weighted by molar-refractivity contribution is -0.137. The maximum atomic E-state index is 13.5. The Morgan fingerprint density at radius 3 is 2.36 bits per heavy atom. The third-order valence-corrected chi connectivity index (χ3v) is 7.43. The quantitative estimate of drug-likeness (QED) is 0.576. The molecule has 0 atom stereocenters. The predicted octanol–water partition coefficient (Wildman–Crippen LogP) is 5.16. The summed E-state index contributed by atoms with van der Waals surface area (Å²) in [6.45, 7) is 1.26. The molecular weight excluding hydrogens is 457 g/mol. The molecule has 178 valence electrons. The Morgan fingerprint density at radius 2 is 1.76 bits per heavy atom. The molecule has 2 aromatic carbocycles. The molecule has 2 fully saturated rings. The normalized spacial score (nSPS) is 17.0. The lowest BCUT2D eigenvalue weighted by atomic mass is 10.1. The Labute approximate surface area is 190 Å². The first kappa shape index (κ1) is 23.4. The van der Waals surface area contributed by atoms with Crippen LogP contribution >= 0.6 is 0 Å². The number of methoxy groups -OCH3 is 1. The lowest BCUT2D eigenvalue weighted by Gasteiger charge is -2.31. The number of nitrogens with zero attached hydrogens (tertiary/aromatic N) is 1. The van der Waals surface area contributed by atoms with Crippen molar-refractivity contribution in [2.45, 2.75) is 49.1 Å². The van der Waals surface area contributed by atoms with Crippen molar-refractivity contribution >= 4 is 27.4 Å². The second-order valence-electron chi connectivity index (χ2n) is 8.40. The van der Waals surface area contributed by atoms with Crippen LogP contribution in [0.25, 0.3) is 0 Å². The van der Waals surface area contributed by atoms with E-state index in [2.05, 4.69) is 4.72 Å². The van der Waals surface area contributed by atoms with Gasteiger partial charge in [-0.15, -0.1) is 0 Å². The molecule has 0 unspecified atom stereocenters. The van der Waals surface area contributed by atoms with Gasteiger partial charge in [-0.3, -0.25) is 4.72 Å². The van der Waals surface area contributed by atoms with Gasteiger partial charge in [0.25, 0.3) is 10.0 Å². The average Bonchev–Trinajstić information content (AvgIpc) is 3.63. The molecule has 0 amide bonds. The number of anilines is 2. The highest BCUT2D eigenvalue weighted by atomic mass is 32.2. The van der Waals surface area contributed by atoms with E-state index in [1.807, 2.05) is 4.90 Å². The van der Waals surface area contributed by atoms with Gasteiger partial charge in [-0.05, 0) is 73.9 Å². The number of halogens is 3. The topological polar surface area (TPSA) is 75.7 Å². The second-order valence-corrected chi connectivity index (χ2v) is 10.1. The highest BCUT2D eigenvalue weighted by Crippen LogP contribution is 2.44. The van der Waals surface area contributed by atoms with E-state index >= 15 is 0 Å². The van der Waals surface area contributed by atoms with E-state index in [4.69, 9.17) is 4.74 Å². The number of esters is 1. The van der Waals surface area contributed by atoms with E-state index in [9.17, 15) is 26.4 Å². The first-order valence-corrected chi connectivity index (χ1v) is 12.3. The number of piperidine rings is 1. The van der Waals surface area contributed by atoms with E-state index in [0.29, 0.717) is 24.3 Å². The Hall–Kier alpha value is -2.75. The summed E-state index contributed by atoms with van der Waals surface area (Å²) in [6.07, 6.45) is -0.236. The van der Waals surface area contributed by atoms with Crippen LogP contribution < -0.4 is 9.62 Å². The Morgan fingerprint density at radius 1 is 1.06 bits per heavy atom. The molecule has 0 spiro atoms. The van der Waals surface area contributed by atoms with Crippen LogP contribution in [0.3, 0.4) is 0 Å². The first-order chi connectivity index (χ1) is 15.6. The predicted molar refractivity (Wildman–Crippen MR) is 118 cm³/mol. The number of sulfonamides is 1. The van der Waals surface area contributed by atoms with Crippen molar-refractivity contribution in [1.29, 1.82) is 0 Å².